The molecular formula is C35H54O7. The normalized spacial score (nSPS) is 16.4. The van der Waals surface area contributed by atoms with Crippen molar-refractivity contribution >= 4 is 17.9 Å². The summed E-state index contributed by atoms with van der Waals surface area (Å²) < 4.78 is 21.9. The van der Waals surface area contributed by atoms with Crippen molar-refractivity contribution in [3.8, 4) is 11.5 Å². The first-order chi connectivity index (χ1) is 20.5. The number of carbonyl (C=O) groups is 3. The lowest BCUT2D eigenvalue weighted by molar-refractivity contribution is -0.152. The molecule has 2 rings (SSSR count). The predicted octanol–water partition coefficient (Wildman–Crippen LogP) is 8.53. The van der Waals surface area contributed by atoms with E-state index in [1.807, 2.05) is 0 Å². The third-order valence-electron chi connectivity index (χ3n) is 7.90. The van der Waals surface area contributed by atoms with Crippen LogP contribution in [0.3, 0.4) is 0 Å². The van der Waals surface area contributed by atoms with Crippen molar-refractivity contribution in [3.63, 3.8) is 0 Å². The molecule has 0 aliphatic heterocycles. The monoisotopic (exact) mass is 586 g/mol. The molecule has 0 bridgehead atoms. The highest BCUT2D eigenvalue weighted by Gasteiger charge is 2.31. The zero-order valence-electron chi connectivity index (χ0n) is 26.0. The maximum absolute atomic E-state index is 12.7. The maximum Gasteiger partial charge on any atom is 0.330 e. The lowest BCUT2D eigenvalue weighted by Gasteiger charge is -2.25. The fourth-order valence-corrected chi connectivity index (χ4v) is 5.23. The molecule has 1 aliphatic rings. The molecule has 0 N–H and O–H groups in total. The summed E-state index contributed by atoms with van der Waals surface area (Å²) in [6.07, 6.45) is 20.1. The van der Waals surface area contributed by atoms with Gasteiger partial charge in [0, 0.05) is 6.08 Å². The molecule has 0 atom stereocenters. The molecule has 1 aromatic carbocycles. The lowest BCUT2D eigenvalue weighted by Crippen LogP contribution is -2.29. The zero-order chi connectivity index (χ0) is 30.3. The minimum atomic E-state index is -0.383. The standard InChI is InChI=1S/C35H54O7/c1-3-5-6-7-8-9-10-11-12-17-28-41-34(37)29-18-20-30(21-19-29)35(38)42-32-24-22-31(23-25-32)39-26-15-13-14-16-27-40-33(36)4-2/h4,22-25,29-30H,2-3,5-21,26-28H2,1H3. The number of rotatable bonds is 23. The fraction of sp³-hybridized carbons (Fsp3) is 0.686. The van der Waals surface area contributed by atoms with Gasteiger partial charge in [0.05, 0.1) is 31.7 Å². The molecule has 7 heteroatoms. The molecular weight excluding hydrogens is 532 g/mol. The average molecular weight is 587 g/mol. The van der Waals surface area contributed by atoms with E-state index in [0.29, 0.717) is 51.3 Å². The van der Waals surface area contributed by atoms with Gasteiger partial charge >= 0.3 is 17.9 Å². The van der Waals surface area contributed by atoms with Gasteiger partial charge in [0.1, 0.15) is 11.5 Å². The Morgan fingerprint density at radius 1 is 0.643 bits per heavy atom. The largest absolute Gasteiger partial charge is 0.494 e. The number of ether oxygens (including phenoxy) is 4. The molecule has 7 nitrogen and oxygen atoms in total. The smallest absolute Gasteiger partial charge is 0.330 e. The Hall–Kier alpha value is -2.83. The topological polar surface area (TPSA) is 88.1 Å². The van der Waals surface area contributed by atoms with Crippen LogP contribution in [-0.2, 0) is 23.9 Å². The van der Waals surface area contributed by atoms with Crippen LogP contribution in [0, 0.1) is 11.8 Å². The van der Waals surface area contributed by atoms with E-state index in [1.165, 1.54) is 57.4 Å². The fourth-order valence-electron chi connectivity index (χ4n) is 5.23. The van der Waals surface area contributed by atoms with E-state index in [1.54, 1.807) is 24.3 Å². The van der Waals surface area contributed by atoms with Crippen LogP contribution in [0.4, 0.5) is 0 Å². The Morgan fingerprint density at radius 3 is 1.64 bits per heavy atom. The highest BCUT2D eigenvalue weighted by atomic mass is 16.5. The minimum absolute atomic E-state index is 0.108. The Kier molecular flexibility index (Phi) is 19.1. The molecule has 1 aliphatic carbocycles. The molecule has 0 amide bonds. The van der Waals surface area contributed by atoms with E-state index in [4.69, 9.17) is 18.9 Å². The van der Waals surface area contributed by atoms with Crippen molar-refractivity contribution in [1.82, 2.24) is 0 Å². The van der Waals surface area contributed by atoms with Gasteiger partial charge in [0.2, 0.25) is 0 Å². The summed E-state index contributed by atoms with van der Waals surface area (Å²) >= 11 is 0. The molecule has 0 unspecified atom stereocenters. The van der Waals surface area contributed by atoms with Crippen molar-refractivity contribution in [2.75, 3.05) is 19.8 Å². The van der Waals surface area contributed by atoms with Crippen LogP contribution in [-0.4, -0.2) is 37.7 Å². The third kappa shape index (κ3) is 16.0. The molecule has 1 saturated carbocycles. The first kappa shape index (κ1) is 35.4. The zero-order valence-corrected chi connectivity index (χ0v) is 26.0. The number of carbonyl (C=O) groups excluding carboxylic acids is 3. The van der Waals surface area contributed by atoms with Gasteiger partial charge in [-0.15, -0.1) is 0 Å². The van der Waals surface area contributed by atoms with Crippen molar-refractivity contribution in [2.24, 2.45) is 11.8 Å². The van der Waals surface area contributed by atoms with Crippen molar-refractivity contribution in [3.05, 3.63) is 36.9 Å². The number of hydrogen-bond donors (Lipinski definition) is 0. The molecule has 0 heterocycles. The quantitative estimate of drug-likeness (QED) is 0.0549. The number of benzene rings is 1. The molecule has 42 heavy (non-hydrogen) atoms. The second-order valence-electron chi connectivity index (χ2n) is 11.4. The van der Waals surface area contributed by atoms with Gasteiger partial charge < -0.3 is 18.9 Å². The van der Waals surface area contributed by atoms with Crippen LogP contribution in [0.25, 0.3) is 0 Å². The van der Waals surface area contributed by atoms with Gasteiger partial charge in [-0.3, -0.25) is 9.59 Å². The van der Waals surface area contributed by atoms with Gasteiger partial charge in [0.25, 0.3) is 0 Å². The summed E-state index contributed by atoms with van der Waals surface area (Å²) in [5.74, 6) is 0.204. The van der Waals surface area contributed by atoms with E-state index in [9.17, 15) is 14.4 Å². The molecule has 0 radical (unpaired) electrons. The van der Waals surface area contributed by atoms with Gasteiger partial charge in [-0.05, 0) is 82.1 Å². The lowest BCUT2D eigenvalue weighted by atomic mass is 9.82. The van der Waals surface area contributed by atoms with Crippen LogP contribution in [0.5, 0.6) is 11.5 Å². The maximum atomic E-state index is 12.7. The van der Waals surface area contributed by atoms with Crippen LogP contribution in [0.15, 0.2) is 36.9 Å². The van der Waals surface area contributed by atoms with E-state index in [0.717, 1.165) is 44.3 Å². The summed E-state index contributed by atoms with van der Waals surface area (Å²) in [7, 11) is 0. The van der Waals surface area contributed by atoms with E-state index < -0.39 is 0 Å². The second kappa shape index (κ2) is 22.7. The Labute approximate surface area is 253 Å². The van der Waals surface area contributed by atoms with Crippen LogP contribution < -0.4 is 9.47 Å². The molecule has 1 fully saturated rings. The van der Waals surface area contributed by atoms with E-state index in [-0.39, 0.29) is 29.7 Å². The predicted molar refractivity (Wildman–Crippen MR) is 165 cm³/mol. The van der Waals surface area contributed by atoms with Crippen LogP contribution >= 0.6 is 0 Å². The molecule has 0 aromatic heterocycles. The number of unbranched alkanes of at least 4 members (excludes halogenated alkanes) is 12. The summed E-state index contributed by atoms with van der Waals surface area (Å²) in [4.78, 5) is 36.1. The summed E-state index contributed by atoms with van der Waals surface area (Å²) in [6.45, 7) is 7.13. The highest BCUT2D eigenvalue weighted by Crippen LogP contribution is 2.31. The highest BCUT2D eigenvalue weighted by molar-refractivity contribution is 5.81. The van der Waals surface area contributed by atoms with Crippen LogP contribution in [0.2, 0.25) is 0 Å². The second-order valence-corrected chi connectivity index (χ2v) is 11.4. The summed E-state index contributed by atoms with van der Waals surface area (Å²) in [5, 5.41) is 0. The number of esters is 3. The summed E-state index contributed by atoms with van der Waals surface area (Å²) in [5.41, 5.74) is 0. The van der Waals surface area contributed by atoms with Gasteiger partial charge in [-0.25, -0.2) is 4.79 Å². The Morgan fingerprint density at radius 2 is 1.10 bits per heavy atom. The van der Waals surface area contributed by atoms with Crippen LogP contribution in [0.1, 0.15) is 122 Å². The minimum Gasteiger partial charge on any atom is -0.494 e. The molecule has 1 aromatic rings. The van der Waals surface area contributed by atoms with Gasteiger partial charge in [0.15, 0.2) is 0 Å². The Balaban J connectivity index is 1.50. The molecule has 0 spiro atoms. The van der Waals surface area contributed by atoms with Gasteiger partial charge in [-0.2, -0.15) is 0 Å². The van der Waals surface area contributed by atoms with Crippen molar-refractivity contribution in [1.29, 1.82) is 0 Å². The molecule has 0 saturated heterocycles. The van der Waals surface area contributed by atoms with Gasteiger partial charge in [-0.1, -0.05) is 71.3 Å². The first-order valence-corrected chi connectivity index (χ1v) is 16.4. The van der Waals surface area contributed by atoms with Crippen molar-refractivity contribution in [2.45, 2.75) is 122 Å². The third-order valence-corrected chi connectivity index (χ3v) is 7.90. The molecule has 236 valence electrons. The van der Waals surface area contributed by atoms with E-state index >= 15 is 0 Å². The number of hydrogen-bond acceptors (Lipinski definition) is 7. The van der Waals surface area contributed by atoms with E-state index in [2.05, 4.69) is 13.5 Å². The summed E-state index contributed by atoms with van der Waals surface area (Å²) in [6, 6.07) is 7.10. The Bertz CT molecular complexity index is 887. The first-order valence-electron chi connectivity index (χ1n) is 16.4. The van der Waals surface area contributed by atoms with Crippen molar-refractivity contribution < 1.29 is 33.3 Å². The SMILES string of the molecule is C=CC(=O)OCCCCCCOc1ccc(OC(=O)C2CCC(C(=O)OCCCCCCCCCCCC)CC2)cc1. The average Bonchev–Trinajstić information content (AvgIpc) is 3.01.